The lowest BCUT2D eigenvalue weighted by Gasteiger charge is -2.12. The van der Waals surface area contributed by atoms with Crippen LogP contribution in [0, 0.1) is 13.8 Å². The van der Waals surface area contributed by atoms with E-state index in [9.17, 15) is 4.79 Å². The van der Waals surface area contributed by atoms with Crippen LogP contribution in [0.3, 0.4) is 0 Å². The van der Waals surface area contributed by atoms with E-state index in [-0.39, 0.29) is 6.10 Å². The summed E-state index contributed by atoms with van der Waals surface area (Å²) in [5.74, 6) is 0. The van der Waals surface area contributed by atoms with Crippen LogP contribution in [0.1, 0.15) is 29.7 Å². The molecule has 0 aromatic heterocycles. The number of rotatable bonds is 3. The van der Waals surface area contributed by atoms with Gasteiger partial charge < -0.3 is 4.74 Å². The van der Waals surface area contributed by atoms with Gasteiger partial charge in [0.15, 0.2) is 0 Å². The fraction of sp³-hybridized carbons (Fsp3) is 0.364. The standard InChI is InChI=1S/C11H13O2/c1-8-4-5-11(9(2)6-8)10(3)13-7-12/h4-6,10H,1-3H3. The highest BCUT2D eigenvalue weighted by molar-refractivity contribution is 5.41. The molecule has 0 saturated heterocycles. The van der Waals surface area contributed by atoms with Crippen molar-refractivity contribution in [3.63, 3.8) is 0 Å². The third-order valence-corrected chi connectivity index (χ3v) is 2.09. The highest BCUT2D eigenvalue weighted by atomic mass is 16.5. The lowest BCUT2D eigenvalue weighted by Crippen LogP contribution is -2.00. The summed E-state index contributed by atoms with van der Waals surface area (Å²) >= 11 is 0. The Hall–Kier alpha value is -1.31. The predicted octanol–water partition coefficient (Wildman–Crippen LogP) is 2.45. The van der Waals surface area contributed by atoms with Crippen LogP contribution in [0.2, 0.25) is 0 Å². The molecule has 1 atom stereocenters. The van der Waals surface area contributed by atoms with Crippen LogP contribution in [-0.4, -0.2) is 6.47 Å². The summed E-state index contributed by atoms with van der Waals surface area (Å²) in [4.78, 5) is 10.0. The highest BCUT2D eigenvalue weighted by Crippen LogP contribution is 2.20. The van der Waals surface area contributed by atoms with Gasteiger partial charge >= 0.3 is 6.47 Å². The van der Waals surface area contributed by atoms with E-state index in [0.717, 1.165) is 11.1 Å². The highest BCUT2D eigenvalue weighted by Gasteiger charge is 2.08. The Morgan fingerprint density at radius 1 is 1.38 bits per heavy atom. The van der Waals surface area contributed by atoms with E-state index in [1.165, 1.54) is 12.0 Å². The van der Waals surface area contributed by atoms with Gasteiger partial charge in [0.1, 0.15) is 6.10 Å². The summed E-state index contributed by atoms with van der Waals surface area (Å²) in [6.45, 7) is 7.34. The van der Waals surface area contributed by atoms with Crippen LogP contribution >= 0.6 is 0 Å². The molecule has 1 unspecified atom stereocenters. The molecule has 0 aliphatic carbocycles. The Labute approximate surface area is 78.5 Å². The molecule has 0 aliphatic rings. The summed E-state index contributed by atoms with van der Waals surface area (Å²) in [5.41, 5.74) is 3.39. The maximum absolute atomic E-state index is 10.0. The maximum Gasteiger partial charge on any atom is 0.418 e. The molecular weight excluding hydrogens is 164 g/mol. The zero-order chi connectivity index (χ0) is 9.84. The Bertz CT molecular complexity index is 305. The molecule has 2 heteroatoms. The van der Waals surface area contributed by atoms with E-state index in [1.54, 1.807) is 0 Å². The van der Waals surface area contributed by atoms with Crippen molar-refractivity contribution in [1.29, 1.82) is 0 Å². The molecule has 69 valence electrons. The summed E-state index contributed by atoms with van der Waals surface area (Å²) in [5, 5.41) is 0. The van der Waals surface area contributed by atoms with Gasteiger partial charge in [-0.3, -0.25) is 0 Å². The Morgan fingerprint density at radius 2 is 2.08 bits per heavy atom. The molecule has 1 aromatic carbocycles. The third kappa shape index (κ3) is 2.31. The van der Waals surface area contributed by atoms with Gasteiger partial charge in [-0.15, -0.1) is 0 Å². The van der Waals surface area contributed by atoms with Gasteiger partial charge in [0.05, 0.1) is 0 Å². The molecule has 0 fully saturated rings. The van der Waals surface area contributed by atoms with Crippen molar-refractivity contribution in [3.05, 3.63) is 34.9 Å². The lowest BCUT2D eigenvalue weighted by atomic mass is 10.0. The van der Waals surface area contributed by atoms with E-state index < -0.39 is 0 Å². The first-order chi connectivity index (χ1) is 6.15. The second-order valence-electron chi connectivity index (χ2n) is 3.20. The van der Waals surface area contributed by atoms with Gasteiger partial charge in [-0.1, -0.05) is 23.8 Å². The summed E-state index contributed by atoms with van der Waals surface area (Å²) < 4.78 is 4.74. The van der Waals surface area contributed by atoms with Gasteiger partial charge in [-0.2, -0.15) is 0 Å². The Balaban J connectivity index is 2.94. The normalized spacial score (nSPS) is 12.2. The molecule has 0 bridgehead atoms. The second-order valence-corrected chi connectivity index (χ2v) is 3.20. The number of hydrogen-bond acceptors (Lipinski definition) is 2. The first-order valence-electron chi connectivity index (χ1n) is 4.25. The fourth-order valence-corrected chi connectivity index (χ4v) is 1.42. The smallest absolute Gasteiger partial charge is 0.418 e. The van der Waals surface area contributed by atoms with Crippen LogP contribution in [0.5, 0.6) is 0 Å². The van der Waals surface area contributed by atoms with E-state index in [1.807, 2.05) is 32.9 Å². The number of aryl methyl sites for hydroxylation is 2. The van der Waals surface area contributed by atoms with Gasteiger partial charge in [-0.05, 0) is 31.9 Å². The van der Waals surface area contributed by atoms with Gasteiger partial charge in [-0.25, -0.2) is 4.79 Å². The molecule has 1 aromatic rings. The van der Waals surface area contributed by atoms with E-state index in [2.05, 4.69) is 6.07 Å². The minimum atomic E-state index is -0.210. The Morgan fingerprint density at radius 3 is 2.62 bits per heavy atom. The number of ether oxygens (including phenoxy) is 1. The third-order valence-electron chi connectivity index (χ3n) is 2.09. The molecule has 0 N–H and O–H groups in total. The monoisotopic (exact) mass is 177 g/mol. The molecule has 2 nitrogen and oxygen atoms in total. The summed E-state index contributed by atoms with van der Waals surface area (Å²) in [6.07, 6.45) is -0.210. The summed E-state index contributed by atoms with van der Waals surface area (Å²) in [6, 6.07) is 6.06. The quantitative estimate of drug-likeness (QED) is 0.708. The van der Waals surface area contributed by atoms with Crippen LogP contribution < -0.4 is 0 Å². The topological polar surface area (TPSA) is 26.3 Å². The number of hydrogen-bond donors (Lipinski definition) is 0. The largest absolute Gasteiger partial charge is 0.449 e. The Kier molecular flexibility index (Phi) is 3.07. The number of benzene rings is 1. The van der Waals surface area contributed by atoms with E-state index >= 15 is 0 Å². The maximum atomic E-state index is 10.0. The minimum absolute atomic E-state index is 0.210. The van der Waals surface area contributed by atoms with Crippen LogP contribution in [0.4, 0.5) is 0 Å². The summed E-state index contributed by atoms with van der Waals surface area (Å²) in [7, 11) is 0. The molecule has 0 amide bonds. The molecule has 1 rings (SSSR count). The molecule has 0 saturated carbocycles. The van der Waals surface area contributed by atoms with Gasteiger partial charge in [0, 0.05) is 0 Å². The first kappa shape index (κ1) is 9.78. The lowest BCUT2D eigenvalue weighted by molar-refractivity contribution is 0.197. The van der Waals surface area contributed by atoms with Gasteiger partial charge in [0.25, 0.3) is 0 Å². The van der Waals surface area contributed by atoms with Crippen LogP contribution in [0.15, 0.2) is 18.2 Å². The molecule has 0 aliphatic heterocycles. The van der Waals surface area contributed by atoms with Crippen LogP contribution in [-0.2, 0) is 9.53 Å². The molecule has 0 spiro atoms. The zero-order valence-corrected chi connectivity index (χ0v) is 8.13. The first-order valence-corrected chi connectivity index (χ1v) is 4.25. The SMILES string of the molecule is Cc1ccc(C(C)O[C]=O)c(C)c1. The number of carbonyl (C=O) groups excluding carboxylic acids is 1. The average molecular weight is 177 g/mol. The molecular formula is C11H13O2. The van der Waals surface area contributed by atoms with E-state index in [0.29, 0.717) is 0 Å². The van der Waals surface area contributed by atoms with Crippen LogP contribution in [0.25, 0.3) is 0 Å². The van der Waals surface area contributed by atoms with Crippen molar-refractivity contribution in [1.82, 2.24) is 0 Å². The minimum Gasteiger partial charge on any atom is -0.449 e. The van der Waals surface area contributed by atoms with Crippen molar-refractivity contribution in [3.8, 4) is 0 Å². The van der Waals surface area contributed by atoms with Crippen molar-refractivity contribution in [2.24, 2.45) is 0 Å². The van der Waals surface area contributed by atoms with Crippen molar-refractivity contribution < 1.29 is 9.53 Å². The fourth-order valence-electron chi connectivity index (χ4n) is 1.42. The van der Waals surface area contributed by atoms with Crippen molar-refractivity contribution in [2.75, 3.05) is 0 Å². The zero-order valence-electron chi connectivity index (χ0n) is 8.13. The molecule has 0 heterocycles. The molecule has 13 heavy (non-hydrogen) atoms. The average Bonchev–Trinajstić information content (AvgIpc) is 2.04. The van der Waals surface area contributed by atoms with Gasteiger partial charge in [0.2, 0.25) is 0 Å². The van der Waals surface area contributed by atoms with Crippen molar-refractivity contribution >= 4 is 6.47 Å². The molecule has 1 radical (unpaired) electrons. The predicted molar refractivity (Wildman–Crippen MR) is 51.1 cm³/mol. The van der Waals surface area contributed by atoms with Crippen molar-refractivity contribution in [2.45, 2.75) is 26.9 Å². The second kappa shape index (κ2) is 4.08. The van der Waals surface area contributed by atoms with E-state index in [4.69, 9.17) is 4.74 Å².